The maximum atomic E-state index is 13.4. The maximum absolute atomic E-state index is 13.4. The minimum absolute atomic E-state index is 0.149. The van der Waals surface area contributed by atoms with E-state index in [4.69, 9.17) is 5.73 Å². The third-order valence-electron chi connectivity index (χ3n) is 2.92. The number of rotatable bonds is 4. The molecular formula is C13H18BrFN2O. The lowest BCUT2D eigenvalue weighted by Crippen LogP contribution is -2.33. The molecule has 18 heavy (non-hydrogen) atoms. The fourth-order valence-corrected chi connectivity index (χ4v) is 2.15. The van der Waals surface area contributed by atoms with Crippen LogP contribution in [0, 0.1) is 24.6 Å². The van der Waals surface area contributed by atoms with E-state index in [1.54, 1.807) is 6.07 Å². The Balaban J connectivity index is 2.91. The van der Waals surface area contributed by atoms with E-state index in [0.29, 0.717) is 10.2 Å². The summed E-state index contributed by atoms with van der Waals surface area (Å²) in [7, 11) is 0. The average molecular weight is 317 g/mol. The molecule has 1 aromatic carbocycles. The highest BCUT2D eigenvalue weighted by molar-refractivity contribution is 9.10. The molecule has 1 amide bonds. The predicted molar refractivity (Wildman–Crippen MR) is 74.8 cm³/mol. The lowest BCUT2D eigenvalue weighted by molar-refractivity contribution is -0.120. The van der Waals surface area contributed by atoms with Gasteiger partial charge in [0.1, 0.15) is 5.82 Å². The quantitative estimate of drug-likeness (QED) is 0.897. The first-order chi connectivity index (χ1) is 8.36. The second kappa shape index (κ2) is 6.29. The van der Waals surface area contributed by atoms with E-state index in [9.17, 15) is 9.18 Å². The highest BCUT2D eigenvalue weighted by Crippen LogP contribution is 2.24. The molecule has 0 fully saturated rings. The summed E-state index contributed by atoms with van der Waals surface area (Å²) in [6.45, 7) is 5.96. The predicted octanol–water partition coefficient (Wildman–Crippen LogP) is 3.07. The topological polar surface area (TPSA) is 55.1 Å². The lowest BCUT2D eigenvalue weighted by atomic mass is 9.95. The Labute approximate surface area is 115 Å². The molecule has 0 aliphatic rings. The first-order valence-corrected chi connectivity index (χ1v) is 6.62. The summed E-state index contributed by atoms with van der Waals surface area (Å²) in [6.07, 6.45) is 0. The number of carbonyl (C=O) groups excluding carboxylic acids is 1. The Morgan fingerprint density at radius 3 is 2.61 bits per heavy atom. The summed E-state index contributed by atoms with van der Waals surface area (Å²) in [6, 6.07) is 2.95. The van der Waals surface area contributed by atoms with E-state index in [1.165, 1.54) is 6.07 Å². The number of hydrogen-bond donors (Lipinski definition) is 2. The number of halogens is 2. The zero-order chi connectivity index (χ0) is 13.9. The molecule has 0 saturated heterocycles. The van der Waals surface area contributed by atoms with Gasteiger partial charge < -0.3 is 11.1 Å². The van der Waals surface area contributed by atoms with E-state index in [0.717, 1.165) is 5.56 Å². The normalized spacial score (nSPS) is 12.6. The molecule has 3 nitrogen and oxygen atoms in total. The van der Waals surface area contributed by atoms with E-state index < -0.39 is 5.82 Å². The summed E-state index contributed by atoms with van der Waals surface area (Å²) in [4.78, 5) is 12.0. The minimum Gasteiger partial charge on any atom is -0.330 e. The first kappa shape index (κ1) is 15.1. The molecule has 0 heterocycles. The van der Waals surface area contributed by atoms with Gasteiger partial charge >= 0.3 is 0 Å². The van der Waals surface area contributed by atoms with Crippen LogP contribution in [0.4, 0.5) is 10.1 Å². The number of hydrogen-bond acceptors (Lipinski definition) is 2. The van der Waals surface area contributed by atoms with Crippen molar-refractivity contribution in [1.29, 1.82) is 0 Å². The van der Waals surface area contributed by atoms with Crippen molar-refractivity contribution in [3.8, 4) is 0 Å². The zero-order valence-electron chi connectivity index (χ0n) is 10.8. The number of anilines is 1. The van der Waals surface area contributed by atoms with Crippen molar-refractivity contribution in [3.63, 3.8) is 0 Å². The highest BCUT2D eigenvalue weighted by Gasteiger charge is 2.21. The Morgan fingerprint density at radius 2 is 2.11 bits per heavy atom. The molecule has 0 aromatic heterocycles. The monoisotopic (exact) mass is 316 g/mol. The molecule has 0 spiro atoms. The van der Waals surface area contributed by atoms with Crippen LogP contribution in [0.2, 0.25) is 0 Å². The van der Waals surface area contributed by atoms with E-state index in [2.05, 4.69) is 21.2 Å². The van der Waals surface area contributed by atoms with Crippen molar-refractivity contribution >= 4 is 27.5 Å². The van der Waals surface area contributed by atoms with Crippen molar-refractivity contribution in [2.24, 2.45) is 17.6 Å². The molecule has 0 saturated carbocycles. The number of carbonyl (C=O) groups is 1. The van der Waals surface area contributed by atoms with Gasteiger partial charge in [0.2, 0.25) is 5.91 Å². The SMILES string of the molecule is Cc1cc(Br)c(F)cc1NC(=O)C(CN)C(C)C. The summed E-state index contributed by atoms with van der Waals surface area (Å²) in [5, 5.41) is 2.73. The van der Waals surface area contributed by atoms with Crippen molar-refractivity contribution in [2.45, 2.75) is 20.8 Å². The van der Waals surface area contributed by atoms with Gasteiger partial charge in [-0.2, -0.15) is 0 Å². The van der Waals surface area contributed by atoms with Gasteiger partial charge in [-0.15, -0.1) is 0 Å². The number of nitrogens with one attached hydrogen (secondary N) is 1. The smallest absolute Gasteiger partial charge is 0.229 e. The van der Waals surface area contributed by atoms with Crippen LogP contribution in [-0.4, -0.2) is 12.5 Å². The molecule has 5 heteroatoms. The van der Waals surface area contributed by atoms with Crippen LogP contribution in [0.15, 0.2) is 16.6 Å². The largest absolute Gasteiger partial charge is 0.330 e. The number of amides is 1. The molecule has 1 rings (SSSR count). The summed E-state index contributed by atoms with van der Waals surface area (Å²) in [5.74, 6) is -0.686. The van der Waals surface area contributed by atoms with Crippen LogP contribution < -0.4 is 11.1 Å². The molecule has 0 aliphatic heterocycles. The Hall–Kier alpha value is -0.940. The van der Waals surface area contributed by atoms with Crippen molar-refractivity contribution < 1.29 is 9.18 Å². The van der Waals surface area contributed by atoms with Crippen LogP contribution in [0.25, 0.3) is 0 Å². The fourth-order valence-electron chi connectivity index (χ4n) is 1.69. The number of benzene rings is 1. The molecule has 1 aromatic rings. The van der Waals surface area contributed by atoms with Gasteiger partial charge in [0, 0.05) is 12.2 Å². The van der Waals surface area contributed by atoms with Crippen molar-refractivity contribution in [3.05, 3.63) is 28.0 Å². The molecule has 0 bridgehead atoms. The third-order valence-corrected chi connectivity index (χ3v) is 3.53. The van der Waals surface area contributed by atoms with Crippen LogP contribution in [0.5, 0.6) is 0 Å². The van der Waals surface area contributed by atoms with Gasteiger partial charge in [0.15, 0.2) is 0 Å². The molecule has 1 unspecified atom stereocenters. The van der Waals surface area contributed by atoms with Crippen LogP contribution in [0.1, 0.15) is 19.4 Å². The highest BCUT2D eigenvalue weighted by atomic mass is 79.9. The van der Waals surface area contributed by atoms with Gasteiger partial charge in [-0.3, -0.25) is 4.79 Å². The zero-order valence-corrected chi connectivity index (χ0v) is 12.3. The average Bonchev–Trinajstić information content (AvgIpc) is 2.26. The first-order valence-electron chi connectivity index (χ1n) is 5.83. The number of nitrogens with two attached hydrogens (primary N) is 1. The van der Waals surface area contributed by atoms with Gasteiger partial charge in [0.05, 0.1) is 10.4 Å². The second-order valence-corrected chi connectivity index (χ2v) is 5.51. The Kier molecular flexibility index (Phi) is 5.28. The second-order valence-electron chi connectivity index (χ2n) is 4.66. The number of aryl methyl sites for hydroxylation is 1. The van der Waals surface area contributed by atoms with Gasteiger partial charge in [-0.25, -0.2) is 4.39 Å². The summed E-state index contributed by atoms with van der Waals surface area (Å²) in [5.41, 5.74) is 6.87. The molecule has 0 aliphatic carbocycles. The van der Waals surface area contributed by atoms with E-state index in [1.807, 2.05) is 20.8 Å². The molecule has 100 valence electrons. The Bertz CT molecular complexity index is 449. The lowest BCUT2D eigenvalue weighted by Gasteiger charge is -2.19. The van der Waals surface area contributed by atoms with E-state index in [-0.39, 0.29) is 24.3 Å². The van der Waals surface area contributed by atoms with E-state index >= 15 is 0 Å². The minimum atomic E-state index is -0.398. The fraction of sp³-hybridized carbons (Fsp3) is 0.462. The van der Waals surface area contributed by atoms with Crippen molar-refractivity contribution in [2.75, 3.05) is 11.9 Å². The summed E-state index contributed by atoms with van der Waals surface area (Å²) < 4.78 is 13.8. The molecular weight excluding hydrogens is 299 g/mol. The van der Waals surface area contributed by atoms with Gasteiger partial charge in [-0.1, -0.05) is 13.8 Å². The molecule has 1 atom stereocenters. The van der Waals surface area contributed by atoms with Crippen LogP contribution >= 0.6 is 15.9 Å². The standard InChI is InChI=1S/C13H18BrFN2O/c1-7(2)9(6-16)13(18)17-12-5-11(15)10(14)4-8(12)3/h4-5,7,9H,6,16H2,1-3H3,(H,17,18). The summed E-state index contributed by atoms with van der Waals surface area (Å²) >= 11 is 3.10. The molecule has 3 N–H and O–H groups in total. The maximum Gasteiger partial charge on any atom is 0.229 e. The third kappa shape index (κ3) is 3.53. The van der Waals surface area contributed by atoms with Crippen molar-refractivity contribution in [1.82, 2.24) is 0 Å². The van der Waals surface area contributed by atoms with Gasteiger partial charge in [-0.05, 0) is 46.5 Å². The van der Waals surface area contributed by atoms with Crippen LogP contribution in [0.3, 0.4) is 0 Å². The Morgan fingerprint density at radius 1 is 1.50 bits per heavy atom. The van der Waals surface area contributed by atoms with Gasteiger partial charge in [0.25, 0.3) is 0 Å². The van der Waals surface area contributed by atoms with Crippen LogP contribution in [-0.2, 0) is 4.79 Å². The molecule has 0 radical (unpaired) electrons.